The monoisotopic (exact) mass is 625 g/mol. The minimum atomic E-state index is -0.903. The van der Waals surface area contributed by atoms with Crippen LogP contribution in [0.15, 0.2) is 0 Å². The molecule has 249 valence electrons. The van der Waals surface area contributed by atoms with E-state index in [1.807, 2.05) is 0 Å². The Morgan fingerprint density at radius 2 is 0.463 bits per heavy atom. The summed E-state index contributed by atoms with van der Waals surface area (Å²) in [7, 11) is 0. The molecule has 0 N–H and O–H groups in total. The van der Waals surface area contributed by atoms with Gasteiger partial charge >= 0.3 is 0 Å². The van der Waals surface area contributed by atoms with Gasteiger partial charge in [0.1, 0.15) is 0 Å². The maximum Gasteiger partial charge on any atom is 0.0414 e. The van der Waals surface area contributed by atoms with Gasteiger partial charge in [-0.15, -0.1) is 0 Å². The van der Waals surface area contributed by atoms with Gasteiger partial charge in [0.25, 0.3) is 0 Å². The average Bonchev–Trinajstić information content (AvgIpc) is 2.93. The van der Waals surface area contributed by atoms with Gasteiger partial charge in [-0.1, -0.05) is 194 Å². The number of hydrogen-bond donors (Lipinski definition) is 0. The molecule has 0 unspecified atom stereocenters. The van der Waals surface area contributed by atoms with Gasteiger partial charge in [-0.2, -0.15) is 0 Å². The van der Waals surface area contributed by atoms with Crippen molar-refractivity contribution in [1.82, 2.24) is 0 Å². The smallest absolute Gasteiger partial charge is 0.0414 e. The number of carboxylic acid groups (broad SMARTS) is 2. The molecule has 0 bridgehead atoms. The predicted octanol–water partition coefficient (Wildman–Crippen LogP) is 9.99. The average molecular weight is 626 g/mol. The molecule has 41 heavy (non-hydrogen) atoms. The van der Waals surface area contributed by atoms with Crippen LogP contribution in [-0.4, -0.2) is 11.9 Å². The molecule has 4 nitrogen and oxygen atoms in total. The zero-order valence-corrected chi connectivity index (χ0v) is 28.6. The van der Waals surface area contributed by atoms with Crippen LogP contribution >= 0.6 is 0 Å². The molecule has 0 saturated heterocycles. The summed E-state index contributed by atoms with van der Waals surface area (Å²) < 4.78 is 0. The molecule has 0 spiro atoms. The van der Waals surface area contributed by atoms with Crippen molar-refractivity contribution in [1.29, 1.82) is 0 Å². The molecule has 1 radical (unpaired) electrons. The van der Waals surface area contributed by atoms with Gasteiger partial charge in [-0.3, -0.25) is 0 Å². The van der Waals surface area contributed by atoms with E-state index in [4.69, 9.17) is 0 Å². The summed E-state index contributed by atoms with van der Waals surface area (Å²) in [4.78, 5) is 20.4. The van der Waals surface area contributed by atoms with Crippen molar-refractivity contribution < 1.29 is 36.6 Å². The fourth-order valence-electron chi connectivity index (χ4n) is 5.28. The first-order valence-electron chi connectivity index (χ1n) is 17.9. The normalized spacial score (nSPS) is 10.6. The second-order valence-corrected chi connectivity index (χ2v) is 12.1. The zero-order valence-electron chi connectivity index (χ0n) is 27.6. The molecule has 0 aliphatic carbocycles. The number of aliphatic carboxylic acids is 2. The Labute approximate surface area is 267 Å². The zero-order chi connectivity index (χ0) is 29.8. The first-order chi connectivity index (χ1) is 19.5. The van der Waals surface area contributed by atoms with E-state index >= 15 is 0 Å². The van der Waals surface area contributed by atoms with Crippen LogP contribution in [0.2, 0.25) is 0 Å². The predicted molar refractivity (Wildman–Crippen MR) is 169 cm³/mol. The van der Waals surface area contributed by atoms with Crippen molar-refractivity contribution in [2.75, 3.05) is 0 Å². The number of carbonyl (C=O) groups excluding carboxylic acids is 2. The first kappa shape index (κ1) is 44.9. The van der Waals surface area contributed by atoms with Crippen LogP contribution in [0, 0.1) is 0 Å². The van der Waals surface area contributed by atoms with Gasteiger partial charge in [0.15, 0.2) is 0 Å². The van der Waals surface area contributed by atoms with Crippen molar-refractivity contribution in [3.8, 4) is 0 Å². The Hall–Kier alpha value is -0.554. The third kappa shape index (κ3) is 49.4. The maximum absolute atomic E-state index is 10.2. The van der Waals surface area contributed by atoms with E-state index < -0.39 is 11.9 Å². The molecule has 0 fully saturated rings. The number of hydrogen-bond acceptors (Lipinski definition) is 4. The summed E-state index contributed by atoms with van der Waals surface area (Å²) in [6.07, 6.45) is 39.7. The quantitative estimate of drug-likeness (QED) is 0.0697. The molecule has 0 rings (SSSR count). The van der Waals surface area contributed by atoms with Gasteiger partial charge in [-0.05, 0) is 25.7 Å². The minimum absolute atomic E-state index is 0. The topological polar surface area (TPSA) is 80.3 Å². The molecule has 0 aromatic heterocycles. The molecule has 0 aromatic carbocycles. The Morgan fingerprint density at radius 1 is 0.317 bits per heavy atom. The molecule has 0 aliphatic heterocycles. The van der Waals surface area contributed by atoms with Crippen LogP contribution in [-0.2, 0) is 26.4 Å². The van der Waals surface area contributed by atoms with E-state index in [-0.39, 0.29) is 29.6 Å². The molecule has 0 aromatic rings. The van der Waals surface area contributed by atoms with Gasteiger partial charge in [0.05, 0.1) is 0 Å². The second-order valence-electron chi connectivity index (χ2n) is 12.1. The molecular weight excluding hydrogens is 555 g/mol. The number of unbranched alkanes of at least 4 members (excludes halogenated alkanes) is 28. The van der Waals surface area contributed by atoms with E-state index in [9.17, 15) is 19.8 Å². The van der Waals surface area contributed by atoms with Gasteiger partial charge < -0.3 is 19.8 Å². The van der Waals surface area contributed by atoms with Gasteiger partial charge in [0.2, 0.25) is 0 Å². The SMILES string of the molecule is CCCCCCCCCCCCCCCCCC(=O)[O-].CCCCCCCCCCCCCCCCCC(=O)[O-].[Co]. The largest absolute Gasteiger partial charge is 0.550 e. The van der Waals surface area contributed by atoms with E-state index in [1.54, 1.807) is 0 Å². The van der Waals surface area contributed by atoms with Gasteiger partial charge in [0, 0.05) is 28.7 Å². The summed E-state index contributed by atoms with van der Waals surface area (Å²) in [6.45, 7) is 4.53. The number of carbonyl (C=O) groups is 2. The molecule has 5 heteroatoms. The molecule has 0 heterocycles. The Bertz CT molecular complexity index is 454. The number of carboxylic acids is 2. The molecule has 0 aliphatic rings. The molecular formula is C36H70CoO4-2. The van der Waals surface area contributed by atoms with Crippen molar-refractivity contribution in [2.24, 2.45) is 0 Å². The Kier molecular flexibility index (Phi) is 45.5. The fourth-order valence-corrected chi connectivity index (χ4v) is 5.28. The Morgan fingerprint density at radius 3 is 0.610 bits per heavy atom. The van der Waals surface area contributed by atoms with Gasteiger partial charge in [-0.25, -0.2) is 0 Å². The number of rotatable bonds is 32. The van der Waals surface area contributed by atoms with Crippen molar-refractivity contribution >= 4 is 11.9 Å². The third-order valence-corrected chi connectivity index (χ3v) is 7.97. The van der Waals surface area contributed by atoms with Crippen molar-refractivity contribution in [3.05, 3.63) is 0 Å². The maximum atomic E-state index is 10.2. The summed E-state index contributed by atoms with van der Waals surface area (Å²) in [5, 5.41) is 20.4. The summed E-state index contributed by atoms with van der Waals surface area (Å²) in [5.41, 5.74) is 0. The van der Waals surface area contributed by atoms with Crippen LogP contribution in [0.3, 0.4) is 0 Å². The van der Waals surface area contributed by atoms with Crippen LogP contribution in [0.25, 0.3) is 0 Å². The first-order valence-corrected chi connectivity index (χ1v) is 17.9. The van der Waals surface area contributed by atoms with Crippen LogP contribution < -0.4 is 10.2 Å². The molecule has 0 atom stereocenters. The molecule has 0 amide bonds. The van der Waals surface area contributed by atoms with E-state index in [0.717, 1.165) is 25.7 Å². The fraction of sp³-hybridized carbons (Fsp3) is 0.944. The third-order valence-electron chi connectivity index (χ3n) is 7.97. The van der Waals surface area contributed by atoms with Crippen LogP contribution in [0.1, 0.15) is 219 Å². The summed E-state index contributed by atoms with van der Waals surface area (Å²) >= 11 is 0. The van der Waals surface area contributed by atoms with Crippen LogP contribution in [0.5, 0.6) is 0 Å². The minimum Gasteiger partial charge on any atom is -0.550 e. The van der Waals surface area contributed by atoms with Crippen LogP contribution in [0.4, 0.5) is 0 Å². The van der Waals surface area contributed by atoms with E-state index in [1.165, 1.54) is 167 Å². The van der Waals surface area contributed by atoms with Crippen molar-refractivity contribution in [3.63, 3.8) is 0 Å². The summed E-state index contributed by atoms with van der Waals surface area (Å²) in [6, 6.07) is 0. The van der Waals surface area contributed by atoms with Crippen molar-refractivity contribution in [2.45, 2.75) is 219 Å². The summed E-state index contributed by atoms with van der Waals surface area (Å²) in [5.74, 6) is -1.81. The Balaban J connectivity index is -0.000000688. The van der Waals surface area contributed by atoms with E-state index in [2.05, 4.69) is 13.8 Å². The van der Waals surface area contributed by atoms with E-state index in [0.29, 0.717) is 0 Å². The second kappa shape index (κ2) is 41.6. The standard InChI is InChI=1S/2C18H36O2.Co/c2*1-2-3-4-5-6-7-8-9-10-11-12-13-14-15-16-17-18(19)20;/h2*2-17H2,1H3,(H,19,20);/p-2. The molecule has 0 saturated carbocycles.